The Morgan fingerprint density at radius 2 is 2.15 bits per heavy atom. The first-order chi connectivity index (χ1) is 6.27. The van der Waals surface area contributed by atoms with Gasteiger partial charge >= 0.3 is 5.97 Å². The first-order valence-corrected chi connectivity index (χ1v) is 5.10. The standard InChI is InChI=1S/C10H18O3/c1-3-9(10(11)12-4-2)13-8-6-5-7-8/h8-9H,3-7H2,1-2H3. The third-order valence-corrected chi connectivity index (χ3v) is 2.33. The van der Waals surface area contributed by atoms with Gasteiger partial charge in [0, 0.05) is 0 Å². The summed E-state index contributed by atoms with van der Waals surface area (Å²) < 4.78 is 10.5. The van der Waals surface area contributed by atoms with Crippen LogP contribution in [-0.2, 0) is 14.3 Å². The van der Waals surface area contributed by atoms with Crippen molar-refractivity contribution in [2.24, 2.45) is 0 Å². The average molecular weight is 186 g/mol. The number of hydrogen-bond acceptors (Lipinski definition) is 3. The maximum Gasteiger partial charge on any atom is 0.335 e. The van der Waals surface area contributed by atoms with E-state index in [1.807, 2.05) is 13.8 Å². The van der Waals surface area contributed by atoms with Gasteiger partial charge in [-0.1, -0.05) is 6.92 Å². The number of carbonyl (C=O) groups excluding carboxylic acids is 1. The maximum absolute atomic E-state index is 11.3. The second-order valence-corrected chi connectivity index (χ2v) is 3.34. The lowest BCUT2D eigenvalue weighted by Gasteiger charge is -2.29. The highest BCUT2D eigenvalue weighted by Gasteiger charge is 2.26. The molecule has 1 aliphatic rings. The topological polar surface area (TPSA) is 35.5 Å². The van der Waals surface area contributed by atoms with Crippen LogP contribution in [0, 0.1) is 0 Å². The molecule has 0 aliphatic heterocycles. The summed E-state index contributed by atoms with van der Waals surface area (Å²) in [7, 11) is 0. The molecule has 0 amide bonds. The Kier molecular flexibility index (Phi) is 4.22. The highest BCUT2D eigenvalue weighted by Crippen LogP contribution is 2.24. The number of hydrogen-bond donors (Lipinski definition) is 0. The Bertz CT molecular complexity index is 164. The van der Waals surface area contributed by atoms with Crippen LogP contribution in [0.5, 0.6) is 0 Å². The van der Waals surface area contributed by atoms with E-state index in [0.717, 1.165) is 12.8 Å². The van der Waals surface area contributed by atoms with Gasteiger partial charge in [0.05, 0.1) is 12.7 Å². The molecule has 3 nitrogen and oxygen atoms in total. The predicted molar refractivity (Wildman–Crippen MR) is 49.4 cm³/mol. The number of carbonyl (C=O) groups is 1. The molecule has 1 rings (SSSR count). The number of rotatable bonds is 5. The molecule has 13 heavy (non-hydrogen) atoms. The second-order valence-electron chi connectivity index (χ2n) is 3.34. The fourth-order valence-corrected chi connectivity index (χ4v) is 1.29. The van der Waals surface area contributed by atoms with Crippen molar-refractivity contribution in [3.63, 3.8) is 0 Å². The van der Waals surface area contributed by atoms with E-state index < -0.39 is 0 Å². The van der Waals surface area contributed by atoms with Gasteiger partial charge in [-0.25, -0.2) is 4.79 Å². The van der Waals surface area contributed by atoms with Crippen LogP contribution in [0.4, 0.5) is 0 Å². The summed E-state index contributed by atoms with van der Waals surface area (Å²) in [6, 6.07) is 0. The van der Waals surface area contributed by atoms with E-state index in [-0.39, 0.29) is 12.1 Å². The Labute approximate surface area is 79.4 Å². The van der Waals surface area contributed by atoms with E-state index >= 15 is 0 Å². The zero-order valence-electron chi connectivity index (χ0n) is 8.41. The molecule has 0 radical (unpaired) electrons. The van der Waals surface area contributed by atoms with Crippen molar-refractivity contribution in [1.29, 1.82) is 0 Å². The maximum atomic E-state index is 11.3. The minimum absolute atomic E-state index is 0.211. The molecule has 1 aliphatic carbocycles. The Morgan fingerprint density at radius 1 is 1.46 bits per heavy atom. The van der Waals surface area contributed by atoms with Gasteiger partial charge in [-0.15, -0.1) is 0 Å². The van der Waals surface area contributed by atoms with Crippen LogP contribution in [0.2, 0.25) is 0 Å². The van der Waals surface area contributed by atoms with Crippen molar-refractivity contribution in [2.45, 2.75) is 51.7 Å². The lowest BCUT2D eigenvalue weighted by Crippen LogP contribution is -2.33. The first-order valence-electron chi connectivity index (χ1n) is 5.10. The van der Waals surface area contributed by atoms with Gasteiger partial charge in [0.25, 0.3) is 0 Å². The lowest BCUT2D eigenvalue weighted by molar-refractivity contribution is -0.164. The number of esters is 1. The Morgan fingerprint density at radius 3 is 2.54 bits per heavy atom. The fourth-order valence-electron chi connectivity index (χ4n) is 1.29. The normalized spacial score (nSPS) is 19.2. The minimum atomic E-state index is -0.342. The summed E-state index contributed by atoms with van der Waals surface area (Å²) in [6.07, 6.45) is 4.07. The van der Waals surface area contributed by atoms with E-state index in [1.165, 1.54) is 6.42 Å². The molecule has 0 aromatic rings. The van der Waals surface area contributed by atoms with E-state index in [0.29, 0.717) is 19.1 Å². The molecule has 76 valence electrons. The van der Waals surface area contributed by atoms with Crippen molar-refractivity contribution < 1.29 is 14.3 Å². The summed E-state index contributed by atoms with van der Waals surface area (Å²) in [5.74, 6) is -0.211. The third kappa shape index (κ3) is 2.99. The minimum Gasteiger partial charge on any atom is -0.464 e. The van der Waals surface area contributed by atoms with Crippen LogP contribution in [0.25, 0.3) is 0 Å². The lowest BCUT2D eigenvalue weighted by atomic mass is 9.96. The van der Waals surface area contributed by atoms with Gasteiger partial charge in [0.1, 0.15) is 0 Å². The molecule has 1 unspecified atom stereocenters. The summed E-state index contributed by atoms with van der Waals surface area (Å²) in [5.41, 5.74) is 0. The molecular weight excluding hydrogens is 168 g/mol. The van der Waals surface area contributed by atoms with Crippen LogP contribution in [-0.4, -0.2) is 24.8 Å². The molecule has 3 heteroatoms. The Balaban J connectivity index is 2.27. The van der Waals surface area contributed by atoms with E-state index in [1.54, 1.807) is 0 Å². The molecule has 1 saturated carbocycles. The molecule has 0 heterocycles. The molecule has 1 atom stereocenters. The summed E-state index contributed by atoms with van der Waals surface area (Å²) >= 11 is 0. The zero-order chi connectivity index (χ0) is 9.68. The quantitative estimate of drug-likeness (QED) is 0.615. The SMILES string of the molecule is CCOC(=O)C(CC)OC1CCC1. The zero-order valence-corrected chi connectivity index (χ0v) is 8.41. The average Bonchev–Trinajstić information content (AvgIpc) is 2.03. The van der Waals surface area contributed by atoms with Crippen molar-refractivity contribution >= 4 is 5.97 Å². The fraction of sp³-hybridized carbons (Fsp3) is 0.900. The van der Waals surface area contributed by atoms with E-state index in [4.69, 9.17) is 9.47 Å². The largest absolute Gasteiger partial charge is 0.464 e. The molecule has 1 fully saturated rings. The Hall–Kier alpha value is -0.570. The monoisotopic (exact) mass is 186 g/mol. The van der Waals surface area contributed by atoms with Crippen molar-refractivity contribution in [3.05, 3.63) is 0 Å². The van der Waals surface area contributed by atoms with Gasteiger partial charge in [-0.3, -0.25) is 0 Å². The molecule has 0 saturated heterocycles. The molecular formula is C10H18O3. The predicted octanol–water partition coefficient (Wildman–Crippen LogP) is 1.90. The molecule has 0 aromatic carbocycles. The molecule has 0 spiro atoms. The molecule has 0 bridgehead atoms. The van der Waals surface area contributed by atoms with Gasteiger partial charge < -0.3 is 9.47 Å². The summed E-state index contributed by atoms with van der Waals surface area (Å²) in [4.78, 5) is 11.3. The molecule has 0 aromatic heterocycles. The summed E-state index contributed by atoms with van der Waals surface area (Å²) in [5, 5.41) is 0. The highest BCUT2D eigenvalue weighted by atomic mass is 16.6. The van der Waals surface area contributed by atoms with Gasteiger partial charge in [0.15, 0.2) is 6.10 Å². The van der Waals surface area contributed by atoms with Gasteiger partial charge in [-0.2, -0.15) is 0 Å². The summed E-state index contributed by atoms with van der Waals surface area (Å²) in [6.45, 7) is 4.19. The first kappa shape index (κ1) is 10.5. The van der Waals surface area contributed by atoms with Crippen LogP contribution >= 0.6 is 0 Å². The van der Waals surface area contributed by atoms with Crippen molar-refractivity contribution in [3.8, 4) is 0 Å². The number of ether oxygens (including phenoxy) is 2. The van der Waals surface area contributed by atoms with Crippen LogP contribution in [0.3, 0.4) is 0 Å². The third-order valence-electron chi connectivity index (χ3n) is 2.33. The smallest absolute Gasteiger partial charge is 0.335 e. The van der Waals surface area contributed by atoms with Crippen LogP contribution in [0.1, 0.15) is 39.5 Å². The van der Waals surface area contributed by atoms with Gasteiger partial charge in [0.2, 0.25) is 0 Å². The van der Waals surface area contributed by atoms with E-state index in [2.05, 4.69) is 0 Å². The van der Waals surface area contributed by atoms with Crippen molar-refractivity contribution in [1.82, 2.24) is 0 Å². The van der Waals surface area contributed by atoms with Crippen LogP contribution < -0.4 is 0 Å². The van der Waals surface area contributed by atoms with Gasteiger partial charge in [-0.05, 0) is 32.6 Å². The van der Waals surface area contributed by atoms with Crippen molar-refractivity contribution in [2.75, 3.05) is 6.61 Å². The second kappa shape index (κ2) is 5.22. The van der Waals surface area contributed by atoms with E-state index in [9.17, 15) is 4.79 Å². The molecule has 0 N–H and O–H groups in total. The highest BCUT2D eigenvalue weighted by molar-refractivity contribution is 5.74. The van der Waals surface area contributed by atoms with Crippen LogP contribution in [0.15, 0.2) is 0 Å².